The second-order valence-electron chi connectivity index (χ2n) is 3.43. The highest BCUT2D eigenvalue weighted by atomic mass is 32.1. The van der Waals surface area contributed by atoms with Gasteiger partial charge in [-0.1, -0.05) is 30.4 Å². The Hall–Kier alpha value is -2.16. The molecule has 1 aliphatic rings. The van der Waals surface area contributed by atoms with Crippen LogP contribution in [0.4, 0.5) is 5.69 Å². The molecule has 1 aromatic rings. The van der Waals surface area contributed by atoms with Gasteiger partial charge in [0.15, 0.2) is 0 Å². The Morgan fingerprint density at radius 1 is 1.18 bits per heavy atom. The first-order valence-corrected chi connectivity index (χ1v) is 5.32. The second-order valence-corrected chi connectivity index (χ2v) is 3.61. The van der Waals surface area contributed by atoms with Crippen LogP contribution < -0.4 is 10.4 Å². The summed E-state index contributed by atoms with van der Waals surface area (Å²) in [6.07, 6.45) is 7.56. The zero-order valence-electron chi connectivity index (χ0n) is 8.79. The number of nitrogens with zero attached hydrogens (tertiary/aromatic N) is 1. The Morgan fingerprint density at radius 2 is 1.88 bits per heavy atom. The van der Waals surface area contributed by atoms with Gasteiger partial charge in [-0.25, -0.2) is 0 Å². The van der Waals surface area contributed by atoms with E-state index in [-0.39, 0.29) is 0 Å². The molecule has 2 N–H and O–H groups in total. The first-order valence-electron chi connectivity index (χ1n) is 4.91. The monoisotopic (exact) mass is 243 g/mol. The van der Waals surface area contributed by atoms with Crippen LogP contribution in [0.5, 0.6) is 0 Å². The predicted octanol–water partition coefficient (Wildman–Crippen LogP) is 1.88. The van der Waals surface area contributed by atoms with E-state index in [0.29, 0.717) is 10.9 Å². The fourth-order valence-electron chi connectivity index (χ4n) is 1.64. The minimum atomic E-state index is -0.734. The maximum atomic E-state index is 9.28. The fourth-order valence-corrected chi connectivity index (χ4v) is 1.75. The highest BCUT2D eigenvalue weighted by Crippen LogP contribution is 2.08. The van der Waals surface area contributed by atoms with Crippen LogP contribution in [-0.4, -0.2) is 15.4 Å². The zero-order chi connectivity index (χ0) is 12.3. The Labute approximate surface area is 103 Å². The van der Waals surface area contributed by atoms with Gasteiger partial charge in [0, 0.05) is 0 Å². The average Bonchev–Trinajstić information content (AvgIpc) is 2.82. The van der Waals surface area contributed by atoms with E-state index in [0.717, 1.165) is 10.8 Å². The summed E-state index contributed by atoms with van der Waals surface area (Å²) in [7, 11) is 0. The molecular weight excluding hydrogens is 234 g/mol. The molecule has 1 aromatic carbocycles. The lowest BCUT2D eigenvalue weighted by atomic mass is 10.1. The summed E-state index contributed by atoms with van der Waals surface area (Å²) in [4.78, 5) is 3.80. The average molecular weight is 243 g/mol. The van der Waals surface area contributed by atoms with Crippen molar-refractivity contribution in [2.24, 2.45) is 4.99 Å². The molecule has 0 aromatic heterocycles. The van der Waals surface area contributed by atoms with Crippen molar-refractivity contribution >= 4 is 34.6 Å². The molecule has 0 saturated heterocycles. The van der Waals surface area contributed by atoms with Crippen molar-refractivity contribution in [2.75, 3.05) is 0 Å². The molecule has 0 amide bonds. The van der Waals surface area contributed by atoms with E-state index < -0.39 is 5.95 Å². The number of isothiocyanates is 1. The summed E-state index contributed by atoms with van der Waals surface area (Å²) in [5.74, 6) is -0.734. The third kappa shape index (κ3) is 2.33. The van der Waals surface area contributed by atoms with Crippen molar-refractivity contribution in [1.82, 2.24) is 0 Å². The Morgan fingerprint density at radius 3 is 2.47 bits per heavy atom. The van der Waals surface area contributed by atoms with E-state index in [9.17, 15) is 10.2 Å². The summed E-state index contributed by atoms with van der Waals surface area (Å²) in [6, 6.07) is 5.06. The molecule has 4 heteroatoms. The molecule has 0 bridgehead atoms. The van der Waals surface area contributed by atoms with Gasteiger partial charge in [0.2, 0.25) is 0 Å². The van der Waals surface area contributed by atoms with Crippen molar-refractivity contribution in [1.29, 1.82) is 0 Å². The zero-order valence-corrected chi connectivity index (χ0v) is 9.61. The van der Waals surface area contributed by atoms with Crippen molar-refractivity contribution in [3.63, 3.8) is 0 Å². The Balaban J connectivity index is 2.85. The van der Waals surface area contributed by atoms with Crippen molar-refractivity contribution in [3.8, 4) is 0 Å². The van der Waals surface area contributed by atoms with Crippen molar-refractivity contribution in [2.45, 2.75) is 0 Å². The highest BCUT2D eigenvalue weighted by Gasteiger charge is 2.01. The van der Waals surface area contributed by atoms with E-state index in [2.05, 4.69) is 22.4 Å². The van der Waals surface area contributed by atoms with Crippen LogP contribution in [-0.2, 0) is 0 Å². The lowest BCUT2D eigenvalue weighted by Crippen LogP contribution is -2.28. The van der Waals surface area contributed by atoms with Crippen LogP contribution in [0, 0.1) is 0 Å². The van der Waals surface area contributed by atoms with Crippen LogP contribution in [0.25, 0.3) is 11.5 Å². The van der Waals surface area contributed by atoms with Crippen LogP contribution >= 0.6 is 12.2 Å². The number of hydrogen-bond acceptors (Lipinski definition) is 4. The van der Waals surface area contributed by atoms with E-state index in [1.807, 2.05) is 24.3 Å². The van der Waals surface area contributed by atoms with Gasteiger partial charge >= 0.3 is 0 Å². The molecule has 0 heterocycles. The molecule has 17 heavy (non-hydrogen) atoms. The normalized spacial score (nSPS) is 12.6. The molecule has 0 fully saturated rings. The lowest BCUT2D eigenvalue weighted by molar-refractivity contribution is 0.298. The molecule has 1 aliphatic carbocycles. The molecule has 0 unspecified atom stereocenters. The summed E-state index contributed by atoms with van der Waals surface area (Å²) >= 11 is 4.51. The number of hydrogen-bond donors (Lipinski definition) is 2. The van der Waals surface area contributed by atoms with Crippen molar-refractivity contribution in [3.05, 3.63) is 52.9 Å². The molecule has 2 rings (SSSR count). The van der Waals surface area contributed by atoms with E-state index in [1.165, 1.54) is 0 Å². The van der Waals surface area contributed by atoms with E-state index >= 15 is 0 Å². The largest absolute Gasteiger partial charge is 0.481 e. The third-order valence-electron chi connectivity index (χ3n) is 2.39. The second kappa shape index (κ2) is 4.78. The number of aliphatic imine (C=N–C) groups is 1. The summed E-state index contributed by atoms with van der Waals surface area (Å²) in [6.45, 7) is 0. The smallest absolute Gasteiger partial charge is 0.282 e. The van der Waals surface area contributed by atoms with Crippen LogP contribution in [0.15, 0.2) is 47.5 Å². The summed E-state index contributed by atoms with van der Waals surface area (Å²) in [5.41, 5.74) is 1.45. The van der Waals surface area contributed by atoms with Gasteiger partial charge in [-0.15, -0.1) is 0 Å². The van der Waals surface area contributed by atoms with Gasteiger partial charge in [0.05, 0.1) is 16.1 Å². The Kier molecular flexibility index (Phi) is 3.19. The number of allylic oxidation sites excluding steroid dienone is 4. The molecule has 0 atom stereocenters. The van der Waals surface area contributed by atoms with Gasteiger partial charge in [0.1, 0.15) is 0 Å². The molecule has 84 valence electrons. The molecule has 0 spiro atoms. The van der Waals surface area contributed by atoms with Gasteiger partial charge in [-0.05, 0) is 35.1 Å². The first kappa shape index (κ1) is 11.3. The highest BCUT2D eigenvalue weighted by molar-refractivity contribution is 7.78. The molecular formula is C13H9NO2S. The number of benzene rings is 1. The number of thiocarbonyl (C=S) groups is 1. The standard InChI is InChI=1S/C13H9NO2S/c15-13(16)12-7-10(14-8-17)5-6-11(12)9-3-1-2-4-9/h1-7,15-16H. The van der Waals surface area contributed by atoms with E-state index in [4.69, 9.17) is 0 Å². The summed E-state index contributed by atoms with van der Waals surface area (Å²) < 4.78 is 0. The number of rotatable bonds is 1. The van der Waals surface area contributed by atoms with Crippen LogP contribution in [0.2, 0.25) is 0 Å². The SMILES string of the molecule is OC(O)=c1cc(N=C=S)ccc1=C1C=CC=C1. The fraction of sp³-hybridized carbons (Fsp3) is 0. The van der Waals surface area contributed by atoms with Gasteiger partial charge < -0.3 is 10.2 Å². The third-order valence-corrected chi connectivity index (χ3v) is 2.48. The quantitative estimate of drug-likeness (QED) is 0.585. The molecule has 0 aliphatic heterocycles. The maximum absolute atomic E-state index is 9.28. The van der Waals surface area contributed by atoms with E-state index in [1.54, 1.807) is 18.2 Å². The van der Waals surface area contributed by atoms with Gasteiger partial charge in [0.25, 0.3) is 5.95 Å². The molecule has 0 radical (unpaired) electrons. The van der Waals surface area contributed by atoms with Crippen LogP contribution in [0.3, 0.4) is 0 Å². The molecule has 0 saturated carbocycles. The minimum absolute atomic E-state index is 0.322. The van der Waals surface area contributed by atoms with Gasteiger partial charge in [-0.2, -0.15) is 4.99 Å². The number of aliphatic hydroxyl groups is 2. The lowest BCUT2D eigenvalue weighted by Gasteiger charge is -1.97. The molecule has 3 nitrogen and oxygen atoms in total. The van der Waals surface area contributed by atoms with Crippen LogP contribution in [0.1, 0.15) is 0 Å². The number of aliphatic hydroxyl groups excluding tert-OH is 1. The minimum Gasteiger partial charge on any atom is -0.481 e. The predicted molar refractivity (Wildman–Crippen MR) is 70.7 cm³/mol. The maximum Gasteiger partial charge on any atom is 0.282 e. The first-order chi connectivity index (χ1) is 8.22. The summed E-state index contributed by atoms with van der Waals surface area (Å²) in [5, 5.41) is 21.9. The Bertz CT molecular complexity index is 662. The van der Waals surface area contributed by atoms with Crippen molar-refractivity contribution < 1.29 is 10.2 Å². The topological polar surface area (TPSA) is 52.8 Å². The van der Waals surface area contributed by atoms with Gasteiger partial charge in [-0.3, -0.25) is 0 Å².